The highest BCUT2D eigenvalue weighted by atomic mass is 19.4. The minimum Gasteiger partial charge on any atom is -0.398 e. The fraction of sp³-hybridized carbons (Fsp3) is 0.0769. The second-order valence-corrected chi connectivity index (χ2v) is 3.77. The summed E-state index contributed by atoms with van der Waals surface area (Å²) in [6.45, 7) is 0. The Morgan fingerprint density at radius 1 is 0.889 bits per heavy atom. The molecule has 0 aliphatic rings. The van der Waals surface area contributed by atoms with E-state index in [9.17, 15) is 17.6 Å². The van der Waals surface area contributed by atoms with Crippen molar-refractivity contribution in [1.29, 1.82) is 0 Å². The zero-order valence-corrected chi connectivity index (χ0v) is 9.13. The van der Waals surface area contributed by atoms with Crippen molar-refractivity contribution < 1.29 is 17.6 Å². The SMILES string of the molecule is Nc1c(-c2ccc(F)cc2)cccc1C(F)(F)F. The quantitative estimate of drug-likeness (QED) is 0.602. The Kier molecular flexibility index (Phi) is 2.98. The molecule has 0 heterocycles. The van der Waals surface area contributed by atoms with E-state index >= 15 is 0 Å². The summed E-state index contributed by atoms with van der Waals surface area (Å²) in [6.07, 6.45) is -4.50. The van der Waals surface area contributed by atoms with Gasteiger partial charge in [-0.25, -0.2) is 4.39 Å². The molecule has 0 fully saturated rings. The standard InChI is InChI=1S/C13H9F4N/c14-9-6-4-8(5-7-9)10-2-1-3-11(12(10)18)13(15,16)17/h1-7H,18H2. The lowest BCUT2D eigenvalue weighted by Crippen LogP contribution is -2.09. The second kappa shape index (κ2) is 4.33. The number of anilines is 1. The lowest BCUT2D eigenvalue weighted by Gasteiger charge is -2.13. The molecule has 0 saturated carbocycles. The maximum atomic E-state index is 12.8. The summed E-state index contributed by atoms with van der Waals surface area (Å²) >= 11 is 0. The van der Waals surface area contributed by atoms with Crippen molar-refractivity contribution in [3.8, 4) is 11.1 Å². The third-order valence-electron chi connectivity index (χ3n) is 2.57. The van der Waals surface area contributed by atoms with Crippen LogP contribution < -0.4 is 5.73 Å². The number of nitrogen functional groups attached to an aromatic ring is 1. The Morgan fingerprint density at radius 2 is 1.50 bits per heavy atom. The zero-order chi connectivity index (χ0) is 13.3. The monoisotopic (exact) mass is 255 g/mol. The van der Waals surface area contributed by atoms with Gasteiger partial charge in [0.2, 0.25) is 0 Å². The van der Waals surface area contributed by atoms with E-state index in [0.717, 1.165) is 6.07 Å². The molecule has 0 spiro atoms. The predicted molar refractivity (Wildman–Crippen MR) is 61.3 cm³/mol. The number of nitrogens with two attached hydrogens (primary N) is 1. The van der Waals surface area contributed by atoms with Gasteiger partial charge in [0.25, 0.3) is 0 Å². The average Bonchev–Trinajstić information content (AvgIpc) is 2.29. The normalized spacial score (nSPS) is 11.6. The van der Waals surface area contributed by atoms with E-state index in [2.05, 4.69) is 0 Å². The van der Waals surface area contributed by atoms with Gasteiger partial charge >= 0.3 is 6.18 Å². The summed E-state index contributed by atoms with van der Waals surface area (Å²) in [5, 5.41) is 0. The van der Waals surface area contributed by atoms with Crippen LogP contribution in [-0.2, 0) is 6.18 Å². The van der Waals surface area contributed by atoms with Gasteiger partial charge in [-0.05, 0) is 23.8 Å². The number of rotatable bonds is 1. The van der Waals surface area contributed by atoms with Crippen LogP contribution in [0.25, 0.3) is 11.1 Å². The number of benzene rings is 2. The van der Waals surface area contributed by atoms with Crippen LogP contribution in [0, 0.1) is 5.82 Å². The smallest absolute Gasteiger partial charge is 0.398 e. The van der Waals surface area contributed by atoms with E-state index in [1.54, 1.807) is 0 Å². The molecule has 18 heavy (non-hydrogen) atoms. The topological polar surface area (TPSA) is 26.0 Å². The number of halogens is 4. The number of hydrogen-bond donors (Lipinski definition) is 1. The molecule has 0 unspecified atom stereocenters. The molecule has 94 valence electrons. The first kappa shape index (κ1) is 12.4. The fourth-order valence-corrected chi connectivity index (χ4v) is 1.69. The van der Waals surface area contributed by atoms with Gasteiger partial charge in [0, 0.05) is 5.56 Å². The molecule has 0 aliphatic carbocycles. The molecule has 0 aliphatic heterocycles. The van der Waals surface area contributed by atoms with Crippen molar-refractivity contribution in [2.45, 2.75) is 6.18 Å². The van der Waals surface area contributed by atoms with Gasteiger partial charge in [0.05, 0.1) is 11.3 Å². The molecular weight excluding hydrogens is 246 g/mol. The van der Waals surface area contributed by atoms with Crippen molar-refractivity contribution >= 4 is 5.69 Å². The molecule has 2 aromatic carbocycles. The van der Waals surface area contributed by atoms with E-state index < -0.39 is 17.6 Å². The Morgan fingerprint density at radius 3 is 2.06 bits per heavy atom. The van der Waals surface area contributed by atoms with Crippen LogP contribution in [0.15, 0.2) is 42.5 Å². The third-order valence-corrected chi connectivity index (χ3v) is 2.57. The molecule has 2 aromatic rings. The summed E-state index contributed by atoms with van der Waals surface area (Å²) < 4.78 is 50.8. The van der Waals surface area contributed by atoms with Gasteiger partial charge in [-0.1, -0.05) is 24.3 Å². The molecular formula is C13H9F4N. The molecule has 0 atom stereocenters. The van der Waals surface area contributed by atoms with E-state index in [-0.39, 0.29) is 11.3 Å². The van der Waals surface area contributed by atoms with Gasteiger partial charge in [0.1, 0.15) is 5.82 Å². The molecule has 2 rings (SSSR count). The molecule has 2 N–H and O–H groups in total. The summed E-state index contributed by atoms with van der Waals surface area (Å²) in [5.41, 5.74) is 4.98. The molecule has 0 amide bonds. The Hall–Kier alpha value is -2.04. The molecule has 0 saturated heterocycles. The second-order valence-electron chi connectivity index (χ2n) is 3.77. The Balaban J connectivity index is 2.56. The maximum Gasteiger partial charge on any atom is 0.418 e. The van der Waals surface area contributed by atoms with Gasteiger partial charge in [-0.15, -0.1) is 0 Å². The highest BCUT2D eigenvalue weighted by Gasteiger charge is 2.33. The molecule has 0 radical (unpaired) electrons. The van der Waals surface area contributed by atoms with Crippen LogP contribution in [0.4, 0.5) is 23.2 Å². The highest BCUT2D eigenvalue weighted by molar-refractivity contribution is 5.78. The predicted octanol–water partition coefficient (Wildman–Crippen LogP) is 4.09. The summed E-state index contributed by atoms with van der Waals surface area (Å²) in [4.78, 5) is 0. The first-order valence-electron chi connectivity index (χ1n) is 5.11. The molecule has 5 heteroatoms. The van der Waals surface area contributed by atoms with E-state index in [1.807, 2.05) is 0 Å². The van der Waals surface area contributed by atoms with Crippen molar-refractivity contribution in [1.82, 2.24) is 0 Å². The fourth-order valence-electron chi connectivity index (χ4n) is 1.69. The van der Waals surface area contributed by atoms with Gasteiger partial charge < -0.3 is 5.73 Å². The summed E-state index contributed by atoms with van der Waals surface area (Å²) in [7, 11) is 0. The van der Waals surface area contributed by atoms with Crippen LogP contribution in [0.2, 0.25) is 0 Å². The van der Waals surface area contributed by atoms with E-state index in [1.165, 1.54) is 36.4 Å². The van der Waals surface area contributed by atoms with Crippen LogP contribution in [0.5, 0.6) is 0 Å². The number of hydrogen-bond acceptors (Lipinski definition) is 1. The van der Waals surface area contributed by atoms with Crippen molar-refractivity contribution in [3.63, 3.8) is 0 Å². The van der Waals surface area contributed by atoms with Gasteiger partial charge in [0.15, 0.2) is 0 Å². The van der Waals surface area contributed by atoms with Gasteiger partial charge in [-0.2, -0.15) is 13.2 Å². The number of para-hydroxylation sites is 1. The lowest BCUT2D eigenvalue weighted by atomic mass is 10.00. The van der Waals surface area contributed by atoms with E-state index in [0.29, 0.717) is 5.56 Å². The van der Waals surface area contributed by atoms with Crippen LogP contribution >= 0.6 is 0 Å². The average molecular weight is 255 g/mol. The number of alkyl halides is 3. The van der Waals surface area contributed by atoms with Crippen LogP contribution in [0.1, 0.15) is 5.56 Å². The largest absolute Gasteiger partial charge is 0.418 e. The first-order chi connectivity index (χ1) is 8.39. The maximum absolute atomic E-state index is 12.8. The summed E-state index contributed by atoms with van der Waals surface area (Å²) in [5.74, 6) is -0.454. The summed E-state index contributed by atoms with van der Waals surface area (Å²) in [6, 6.07) is 8.80. The first-order valence-corrected chi connectivity index (χ1v) is 5.11. The van der Waals surface area contributed by atoms with Crippen molar-refractivity contribution in [2.24, 2.45) is 0 Å². The zero-order valence-electron chi connectivity index (χ0n) is 9.13. The van der Waals surface area contributed by atoms with Crippen molar-refractivity contribution in [2.75, 3.05) is 5.73 Å². The lowest BCUT2D eigenvalue weighted by molar-refractivity contribution is -0.136. The Bertz CT molecular complexity index is 558. The Labute approximate surface area is 101 Å². The third kappa shape index (κ3) is 2.30. The van der Waals surface area contributed by atoms with Crippen LogP contribution in [0.3, 0.4) is 0 Å². The van der Waals surface area contributed by atoms with Crippen molar-refractivity contribution in [3.05, 3.63) is 53.8 Å². The van der Waals surface area contributed by atoms with Gasteiger partial charge in [-0.3, -0.25) is 0 Å². The minimum atomic E-state index is -4.50. The van der Waals surface area contributed by atoms with Crippen LogP contribution in [-0.4, -0.2) is 0 Å². The molecule has 0 bridgehead atoms. The molecule has 1 nitrogen and oxygen atoms in total. The minimum absolute atomic E-state index is 0.241. The highest BCUT2D eigenvalue weighted by Crippen LogP contribution is 2.38. The van der Waals surface area contributed by atoms with E-state index in [4.69, 9.17) is 5.73 Å². The molecule has 0 aromatic heterocycles.